The first-order valence-electron chi connectivity index (χ1n) is 19.7. The maximum absolute atomic E-state index is 14.4. The minimum absolute atomic E-state index is 0.00583. The van der Waals surface area contributed by atoms with E-state index in [0.717, 1.165) is 27.7 Å². The van der Waals surface area contributed by atoms with Crippen molar-refractivity contribution < 1.29 is 29.0 Å². The number of fused-ring (bicyclic) bond motifs is 1. The minimum Gasteiger partial charge on any atom is -0.445 e. The van der Waals surface area contributed by atoms with Gasteiger partial charge in [0.25, 0.3) is 0 Å². The number of nitrogens with one attached hydrogen (secondary N) is 6. The fourth-order valence-corrected chi connectivity index (χ4v) is 6.65. The maximum atomic E-state index is 14.4. The van der Waals surface area contributed by atoms with Crippen molar-refractivity contribution in [3.63, 3.8) is 0 Å². The molecule has 0 aliphatic carbocycles. The van der Waals surface area contributed by atoms with Crippen molar-refractivity contribution >= 4 is 46.4 Å². The van der Waals surface area contributed by atoms with Crippen molar-refractivity contribution in [1.82, 2.24) is 36.6 Å². The fraction of sp³-hybridized carbons (Fsp3) is 0.356. The Morgan fingerprint density at radius 2 is 1.36 bits per heavy atom. The molecule has 5 aromatic rings. The molecule has 0 aliphatic heterocycles. The Balaban J connectivity index is 1.38. The smallest absolute Gasteiger partial charge is 0.408 e. The lowest BCUT2D eigenvalue weighted by Gasteiger charge is -2.35. The Hall–Kier alpha value is -5.76. The van der Waals surface area contributed by atoms with Crippen LogP contribution in [-0.2, 0) is 45.2 Å². The third-order valence-corrected chi connectivity index (χ3v) is 10.1. The molecule has 0 fully saturated rings. The van der Waals surface area contributed by atoms with Crippen molar-refractivity contribution in [2.24, 2.45) is 11.3 Å². The van der Waals surface area contributed by atoms with Crippen LogP contribution in [0.15, 0.2) is 109 Å². The Labute approximate surface area is 350 Å². The lowest BCUT2D eigenvalue weighted by atomic mass is 9.85. The molecule has 0 radical (unpaired) electrons. The number of halogens is 1. The van der Waals surface area contributed by atoms with Gasteiger partial charge in [-0.25, -0.2) is 9.78 Å². The number of ether oxygens (including phenoxy) is 1. The molecular weight excluding hydrogens is 770 g/mol. The van der Waals surface area contributed by atoms with Gasteiger partial charge >= 0.3 is 6.09 Å². The highest BCUT2D eigenvalue weighted by Gasteiger charge is 2.39. The van der Waals surface area contributed by atoms with Crippen molar-refractivity contribution in [3.05, 3.63) is 137 Å². The first-order valence-corrected chi connectivity index (χ1v) is 20.0. The summed E-state index contributed by atoms with van der Waals surface area (Å²) in [5, 5.41) is 27.4. The van der Waals surface area contributed by atoms with Gasteiger partial charge in [0.15, 0.2) is 0 Å². The number of carbonyl (C=O) groups excluding carboxylic acids is 4. The van der Waals surface area contributed by atoms with Gasteiger partial charge in [0, 0.05) is 11.6 Å². The molecule has 14 heteroatoms. The number of amides is 4. The summed E-state index contributed by atoms with van der Waals surface area (Å²) in [6, 6.07) is 28.5. The normalized spacial score (nSPS) is 14.1. The third kappa shape index (κ3) is 13.1. The van der Waals surface area contributed by atoms with Crippen LogP contribution in [-0.4, -0.2) is 69.2 Å². The van der Waals surface area contributed by atoms with Gasteiger partial charge in [-0.05, 0) is 58.7 Å². The second-order valence-corrected chi connectivity index (χ2v) is 16.4. The number of carbonyl (C=O) groups is 4. The largest absolute Gasteiger partial charge is 0.445 e. The van der Waals surface area contributed by atoms with Crippen LogP contribution in [0.25, 0.3) is 11.0 Å². The number of benzene rings is 4. The van der Waals surface area contributed by atoms with Crippen LogP contribution in [0.3, 0.4) is 0 Å². The van der Waals surface area contributed by atoms with E-state index in [1.54, 1.807) is 58.9 Å². The highest BCUT2D eigenvalue weighted by atomic mass is 35.5. The number of imidazole rings is 1. The monoisotopic (exact) mass is 823 g/mol. The molecule has 13 nitrogen and oxygen atoms in total. The zero-order chi connectivity index (χ0) is 42.5. The number of H-pyrrole nitrogens is 1. The molecule has 0 aliphatic rings. The number of hydrogen-bond acceptors (Lipinski definition) is 8. The molecule has 5 atom stereocenters. The molecule has 0 saturated heterocycles. The van der Waals surface area contributed by atoms with Gasteiger partial charge in [-0.1, -0.05) is 131 Å². The standard InChI is InChI=1S/C45H54ClN7O6/c1-28(2)37(41(55)48-26-36-49-33-18-12-13-19-34(33)50-36)52-42(56)38(47-25-30-20-22-32(46)23-21-30)39(54)35(24-29-14-8-6-9-15-29)51-43(57)40(45(3,4)5)53-44(58)59-27-31-16-10-7-11-17-31/h6-23,28,35,37-40,47,54H,24-27H2,1-5H3,(H,48,55)(H,49,50)(H,51,57)(H,52,56)(H,53,58)/t35-,37-,38+,39+,40+/m0/s1. The zero-order valence-electron chi connectivity index (χ0n) is 34.0. The van der Waals surface area contributed by atoms with Crippen molar-refractivity contribution in [1.29, 1.82) is 0 Å². The highest BCUT2D eigenvalue weighted by molar-refractivity contribution is 6.30. The van der Waals surface area contributed by atoms with E-state index >= 15 is 0 Å². The number of aromatic amines is 1. The van der Waals surface area contributed by atoms with E-state index in [-0.39, 0.29) is 32.0 Å². The fourth-order valence-electron chi connectivity index (χ4n) is 6.53. The van der Waals surface area contributed by atoms with Gasteiger partial charge in [0.05, 0.1) is 29.7 Å². The van der Waals surface area contributed by atoms with E-state index in [0.29, 0.717) is 10.8 Å². The summed E-state index contributed by atoms with van der Waals surface area (Å²) < 4.78 is 5.45. The number of para-hydroxylation sites is 2. The van der Waals surface area contributed by atoms with Crippen molar-refractivity contribution in [2.75, 3.05) is 0 Å². The van der Waals surface area contributed by atoms with Gasteiger partial charge in [-0.2, -0.15) is 0 Å². The Bertz CT molecular complexity index is 2110. The molecule has 1 heterocycles. The predicted molar refractivity (Wildman–Crippen MR) is 228 cm³/mol. The van der Waals surface area contributed by atoms with E-state index in [2.05, 4.69) is 36.6 Å². The van der Waals surface area contributed by atoms with Crippen LogP contribution < -0.4 is 26.6 Å². The molecule has 0 unspecified atom stereocenters. The first kappa shape index (κ1) is 44.3. The second-order valence-electron chi connectivity index (χ2n) is 15.9. The van der Waals surface area contributed by atoms with Gasteiger partial charge < -0.3 is 36.1 Å². The van der Waals surface area contributed by atoms with Crippen molar-refractivity contribution in [3.8, 4) is 0 Å². The van der Waals surface area contributed by atoms with Gasteiger partial charge in [-0.3, -0.25) is 19.7 Å². The van der Waals surface area contributed by atoms with E-state index in [1.165, 1.54) is 0 Å². The molecular formula is C45H54ClN7O6. The molecule has 59 heavy (non-hydrogen) atoms. The van der Waals surface area contributed by atoms with Gasteiger partial charge in [0.1, 0.15) is 30.6 Å². The molecule has 4 aromatic carbocycles. The summed E-state index contributed by atoms with van der Waals surface area (Å²) in [4.78, 5) is 63.0. The van der Waals surface area contributed by atoms with Crippen LogP contribution >= 0.6 is 11.6 Å². The van der Waals surface area contributed by atoms with E-state index < -0.39 is 59.5 Å². The predicted octanol–water partition coefficient (Wildman–Crippen LogP) is 5.56. The summed E-state index contributed by atoms with van der Waals surface area (Å²) in [7, 11) is 0. The van der Waals surface area contributed by atoms with E-state index in [1.807, 2.05) is 84.9 Å². The van der Waals surface area contributed by atoms with Gasteiger partial charge in [-0.15, -0.1) is 0 Å². The molecule has 0 bridgehead atoms. The second kappa shape index (κ2) is 20.8. The molecule has 0 spiro atoms. The molecule has 7 N–H and O–H groups in total. The van der Waals surface area contributed by atoms with Crippen LogP contribution in [0, 0.1) is 11.3 Å². The Morgan fingerprint density at radius 3 is 1.98 bits per heavy atom. The quantitative estimate of drug-likeness (QED) is 0.0599. The topological polar surface area (TPSA) is 187 Å². The summed E-state index contributed by atoms with van der Waals surface area (Å²) in [6.07, 6.45) is -2.20. The number of aliphatic hydroxyl groups is 1. The Morgan fingerprint density at radius 1 is 0.729 bits per heavy atom. The van der Waals surface area contributed by atoms with Crippen LogP contribution in [0.4, 0.5) is 4.79 Å². The maximum Gasteiger partial charge on any atom is 0.408 e. The summed E-state index contributed by atoms with van der Waals surface area (Å²) >= 11 is 6.14. The number of alkyl carbamates (subject to hydrolysis) is 1. The summed E-state index contributed by atoms with van der Waals surface area (Å²) in [6.45, 7) is 9.25. The summed E-state index contributed by atoms with van der Waals surface area (Å²) in [5.41, 5.74) is 3.14. The van der Waals surface area contributed by atoms with Crippen molar-refractivity contribution in [2.45, 2.75) is 91.0 Å². The zero-order valence-corrected chi connectivity index (χ0v) is 34.8. The molecule has 312 valence electrons. The SMILES string of the molecule is CC(C)[C@H](NC(=O)[C@H](NCc1ccc(Cl)cc1)[C@H](O)[C@H](Cc1ccccc1)NC(=O)[C@@H](NC(=O)OCc1ccccc1)C(C)(C)C)C(=O)NCc1nc2ccccc2[nH]1. The first-order chi connectivity index (χ1) is 28.2. The molecule has 5 rings (SSSR count). The van der Waals surface area contributed by atoms with Crippen LogP contribution in [0.5, 0.6) is 0 Å². The van der Waals surface area contributed by atoms with Crippen LogP contribution in [0.2, 0.25) is 5.02 Å². The average molecular weight is 824 g/mol. The highest BCUT2D eigenvalue weighted by Crippen LogP contribution is 2.21. The number of rotatable bonds is 18. The Kier molecular flexibility index (Phi) is 15.6. The van der Waals surface area contributed by atoms with E-state index in [9.17, 15) is 24.3 Å². The number of aromatic nitrogens is 2. The molecule has 1 aromatic heterocycles. The minimum atomic E-state index is -1.54. The number of nitrogens with zero attached hydrogens (tertiary/aromatic N) is 1. The lowest BCUT2D eigenvalue weighted by Crippen LogP contribution is -2.63. The van der Waals surface area contributed by atoms with Gasteiger partial charge in [0.2, 0.25) is 17.7 Å². The van der Waals surface area contributed by atoms with E-state index in [4.69, 9.17) is 16.3 Å². The molecule has 4 amide bonds. The number of hydrogen-bond donors (Lipinski definition) is 7. The third-order valence-electron chi connectivity index (χ3n) is 9.82. The average Bonchev–Trinajstić information content (AvgIpc) is 3.64. The summed E-state index contributed by atoms with van der Waals surface area (Å²) in [5.74, 6) is -1.48. The lowest BCUT2D eigenvalue weighted by molar-refractivity contribution is -0.134. The molecule has 0 saturated carbocycles. The number of aliphatic hydroxyl groups excluding tert-OH is 1. The van der Waals surface area contributed by atoms with Crippen LogP contribution in [0.1, 0.15) is 57.1 Å².